The number of rotatable bonds is 6. The van der Waals surface area contributed by atoms with Crippen LogP contribution in [0.25, 0.3) is 0 Å². The Hall–Kier alpha value is -3.65. The van der Waals surface area contributed by atoms with Crippen LogP contribution in [0, 0.1) is 0 Å². The van der Waals surface area contributed by atoms with E-state index in [9.17, 15) is 18.0 Å². The Bertz CT molecular complexity index is 1380. The number of hydrogen-bond acceptors (Lipinski definition) is 5. The lowest BCUT2D eigenvalue weighted by atomic mass is 9.86. The summed E-state index contributed by atoms with van der Waals surface area (Å²) >= 11 is 0. The van der Waals surface area contributed by atoms with Crippen LogP contribution in [0.5, 0.6) is 0 Å². The Morgan fingerprint density at radius 1 is 0.971 bits per heavy atom. The summed E-state index contributed by atoms with van der Waals surface area (Å²) in [5, 5.41) is 2.79. The molecule has 0 atom stereocenters. The average Bonchev–Trinajstić information content (AvgIpc) is 3.27. The molecule has 7 nitrogen and oxygen atoms in total. The molecule has 8 heteroatoms. The summed E-state index contributed by atoms with van der Waals surface area (Å²) in [7, 11) is -3.85. The largest absolute Gasteiger partial charge is 0.452 e. The van der Waals surface area contributed by atoms with Crippen molar-refractivity contribution in [3.05, 3.63) is 89.5 Å². The standard InChI is InChI=1S/C27H28N2O5S/c1-27(2,3)22-12-5-6-13-23(22)28-25(30)18-34-26(31)20-10-8-11-21(17-20)35(32,33)29-16-15-19-9-4-7-14-24(19)29/h4-14,17H,15-16,18H2,1-3H3,(H,28,30). The van der Waals surface area contributed by atoms with Crippen molar-refractivity contribution in [2.75, 3.05) is 22.8 Å². The van der Waals surface area contributed by atoms with Crippen molar-refractivity contribution in [1.29, 1.82) is 0 Å². The minimum Gasteiger partial charge on any atom is -0.452 e. The van der Waals surface area contributed by atoms with Crippen molar-refractivity contribution >= 4 is 33.3 Å². The molecule has 1 heterocycles. The highest BCUT2D eigenvalue weighted by molar-refractivity contribution is 7.92. The Kier molecular flexibility index (Phi) is 6.67. The first-order chi connectivity index (χ1) is 16.6. The minimum absolute atomic E-state index is 0.00721. The lowest BCUT2D eigenvalue weighted by molar-refractivity contribution is -0.119. The molecule has 0 saturated heterocycles. The highest BCUT2D eigenvalue weighted by atomic mass is 32.2. The van der Waals surface area contributed by atoms with Gasteiger partial charge in [0, 0.05) is 12.2 Å². The maximum absolute atomic E-state index is 13.3. The van der Waals surface area contributed by atoms with Gasteiger partial charge in [-0.1, -0.05) is 63.2 Å². The van der Waals surface area contributed by atoms with Gasteiger partial charge in [0.25, 0.3) is 15.9 Å². The van der Waals surface area contributed by atoms with E-state index in [1.807, 2.05) is 51.1 Å². The number of nitrogens with zero attached hydrogens (tertiary/aromatic N) is 1. The second-order valence-electron chi connectivity index (χ2n) is 9.40. The number of nitrogens with one attached hydrogen (secondary N) is 1. The number of anilines is 2. The number of fused-ring (bicyclic) bond motifs is 1. The molecule has 0 unspecified atom stereocenters. The number of esters is 1. The zero-order chi connectivity index (χ0) is 25.2. The topological polar surface area (TPSA) is 92.8 Å². The zero-order valence-corrected chi connectivity index (χ0v) is 20.8. The molecule has 1 aliphatic rings. The van der Waals surface area contributed by atoms with E-state index in [2.05, 4.69) is 5.32 Å². The Balaban J connectivity index is 1.44. The van der Waals surface area contributed by atoms with Gasteiger partial charge in [-0.15, -0.1) is 0 Å². The smallest absolute Gasteiger partial charge is 0.338 e. The van der Waals surface area contributed by atoms with Gasteiger partial charge in [-0.25, -0.2) is 13.2 Å². The number of amides is 1. The Morgan fingerprint density at radius 2 is 1.69 bits per heavy atom. The van der Waals surface area contributed by atoms with Crippen LogP contribution in [0.15, 0.2) is 77.7 Å². The third-order valence-electron chi connectivity index (χ3n) is 5.85. The van der Waals surface area contributed by atoms with Crippen molar-refractivity contribution in [1.82, 2.24) is 0 Å². The maximum atomic E-state index is 13.3. The summed E-state index contributed by atoms with van der Waals surface area (Å²) in [4.78, 5) is 25.1. The molecule has 1 amide bonds. The summed E-state index contributed by atoms with van der Waals surface area (Å²) in [6, 6.07) is 20.5. The lowest BCUT2D eigenvalue weighted by Gasteiger charge is -2.23. The molecular weight excluding hydrogens is 464 g/mol. The maximum Gasteiger partial charge on any atom is 0.338 e. The summed E-state index contributed by atoms with van der Waals surface area (Å²) in [6.45, 7) is 5.97. The predicted molar refractivity (Wildman–Crippen MR) is 135 cm³/mol. The van der Waals surface area contributed by atoms with Gasteiger partial charge in [0.05, 0.1) is 16.1 Å². The van der Waals surface area contributed by atoms with E-state index in [1.54, 1.807) is 18.2 Å². The molecule has 0 aliphatic carbocycles. The molecule has 1 aliphatic heterocycles. The lowest BCUT2D eigenvalue weighted by Crippen LogP contribution is -2.29. The highest BCUT2D eigenvalue weighted by Gasteiger charge is 2.31. The molecule has 3 aromatic rings. The van der Waals surface area contributed by atoms with Gasteiger partial charge in [0.2, 0.25) is 0 Å². The van der Waals surface area contributed by atoms with Gasteiger partial charge in [0.1, 0.15) is 0 Å². The molecule has 3 aromatic carbocycles. The molecule has 4 rings (SSSR count). The van der Waals surface area contributed by atoms with Crippen LogP contribution in [-0.4, -0.2) is 33.4 Å². The van der Waals surface area contributed by atoms with Crippen LogP contribution < -0.4 is 9.62 Å². The minimum atomic E-state index is -3.85. The number of carbonyl (C=O) groups excluding carboxylic acids is 2. The van der Waals surface area contributed by atoms with E-state index in [0.29, 0.717) is 24.3 Å². The quantitative estimate of drug-likeness (QED) is 0.511. The molecule has 0 radical (unpaired) electrons. The summed E-state index contributed by atoms with van der Waals surface area (Å²) in [5.41, 5.74) is 3.10. The predicted octanol–water partition coefficient (Wildman–Crippen LogP) is 4.53. The van der Waals surface area contributed by atoms with E-state index in [4.69, 9.17) is 4.74 Å². The molecule has 35 heavy (non-hydrogen) atoms. The number of ether oxygens (including phenoxy) is 1. The second-order valence-corrected chi connectivity index (χ2v) is 11.3. The van der Waals surface area contributed by atoms with Crippen molar-refractivity contribution < 1.29 is 22.7 Å². The highest BCUT2D eigenvalue weighted by Crippen LogP contribution is 2.33. The first-order valence-electron chi connectivity index (χ1n) is 11.3. The number of para-hydroxylation sites is 2. The van der Waals surface area contributed by atoms with Gasteiger partial charge in [0.15, 0.2) is 6.61 Å². The SMILES string of the molecule is CC(C)(C)c1ccccc1NC(=O)COC(=O)c1cccc(S(=O)(=O)N2CCc3ccccc32)c1. The fraction of sp³-hybridized carbons (Fsp3) is 0.259. The third kappa shape index (κ3) is 5.22. The van der Waals surface area contributed by atoms with Crippen LogP contribution in [0.2, 0.25) is 0 Å². The molecule has 0 fully saturated rings. The van der Waals surface area contributed by atoms with Crippen molar-refractivity contribution in [2.45, 2.75) is 37.5 Å². The van der Waals surface area contributed by atoms with Crippen molar-refractivity contribution in [3.63, 3.8) is 0 Å². The number of hydrogen-bond donors (Lipinski definition) is 1. The first kappa shape index (κ1) is 24.5. The van der Waals surface area contributed by atoms with Crippen molar-refractivity contribution in [3.8, 4) is 0 Å². The molecule has 0 saturated carbocycles. The van der Waals surface area contributed by atoms with Crippen LogP contribution in [-0.2, 0) is 31.4 Å². The number of carbonyl (C=O) groups is 2. The molecule has 1 N–H and O–H groups in total. The van der Waals surface area contributed by atoms with E-state index >= 15 is 0 Å². The van der Waals surface area contributed by atoms with Crippen LogP contribution >= 0.6 is 0 Å². The zero-order valence-electron chi connectivity index (χ0n) is 19.9. The van der Waals surface area contributed by atoms with Gasteiger partial charge < -0.3 is 10.1 Å². The van der Waals surface area contributed by atoms with E-state index in [0.717, 1.165) is 11.1 Å². The fourth-order valence-corrected chi connectivity index (χ4v) is 5.66. The Morgan fingerprint density at radius 3 is 2.46 bits per heavy atom. The van der Waals surface area contributed by atoms with Gasteiger partial charge in [-0.2, -0.15) is 0 Å². The van der Waals surface area contributed by atoms with Gasteiger partial charge >= 0.3 is 5.97 Å². The van der Waals surface area contributed by atoms with E-state index in [1.165, 1.54) is 28.6 Å². The molecular formula is C27H28N2O5S. The third-order valence-corrected chi connectivity index (χ3v) is 7.65. The second kappa shape index (κ2) is 9.54. The summed E-state index contributed by atoms with van der Waals surface area (Å²) in [6.07, 6.45) is 0.630. The summed E-state index contributed by atoms with van der Waals surface area (Å²) < 4.78 is 33.1. The van der Waals surface area contributed by atoms with Gasteiger partial charge in [-0.05, 0) is 53.3 Å². The van der Waals surface area contributed by atoms with E-state index in [-0.39, 0.29) is 15.9 Å². The number of sulfonamides is 1. The van der Waals surface area contributed by atoms with Crippen LogP contribution in [0.4, 0.5) is 11.4 Å². The Labute approximate surface area is 205 Å². The number of benzene rings is 3. The summed E-state index contributed by atoms with van der Waals surface area (Å²) in [5.74, 6) is -1.25. The molecule has 0 bridgehead atoms. The van der Waals surface area contributed by atoms with E-state index < -0.39 is 28.5 Å². The van der Waals surface area contributed by atoms with Crippen LogP contribution in [0.1, 0.15) is 42.3 Å². The monoisotopic (exact) mass is 492 g/mol. The average molecular weight is 493 g/mol. The van der Waals surface area contributed by atoms with Crippen LogP contribution in [0.3, 0.4) is 0 Å². The molecule has 0 aromatic heterocycles. The fourth-order valence-electron chi connectivity index (χ4n) is 4.12. The van der Waals surface area contributed by atoms with Gasteiger partial charge in [-0.3, -0.25) is 9.10 Å². The molecule has 182 valence electrons. The molecule has 0 spiro atoms. The normalized spacial score (nSPS) is 13.3. The first-order valence-corrected chi connectivity index (χ1v) is 12.8. The van der Waals surface area contributed by atoms with Crippen molar-refractivity contribution in [2.24, 2.45) is 0 Å².